The molecule has 1 aromatic rings. The Bertz CT molecular complexity index is 400. The van der Waals surface area contributed by atoms with Gasteiger partial charge in [0.15, 0.2) is 0 Å². The largest absolute Gasteiger partial charge is 0.463 e. The number of nitrogen functional groups attached to an aromatic ring is 2. The summed E-state index contributed by atoms with van der Waals surface area (Å²) in [6, 6.07) is 4.56. The van der Waals surface area contributed by atoms with E-state index >= 15 is 0 Å². The van der Waals surface area contributed by atoms with Crippen LogP contribution in [0.2, 0.25) is 0 Å². The molecule has 0 aromatic heterocycles. The molecular weight excluding hydrogens is 184 g/mol. The van der Waals surface area contributed by atoms with E-state index in [2.05, 4.69) is 4.99 Å². The molecule has 74 valence electrons. The van der Waals surface area contributed by atoms with Gasteiger partial charge in [0.1, 0.15) is 5.84 Å². The molecule has 7 N–H and O–H groups in total. The Balaban J connectivity index is 3.09. The van der Waals surface area contributed by atoms with Crippen LogP contribution in [0.4, 0.5) is 16.2 Å². The molecule has 0 heterocycles. The fraction of sp³-hybridized carbons (Fsp3) is 0. The minimum absolute atomic E-state index is 0.107. The first kappa shape index (κ1) is 9.85. The van der Waals surface area contributed by atoms with Crippen LogP contribution in [0.1, 0.15) is 5.56 Å². The van der Waals surface area contributed by atoms with Gasteiger partial charge in [-0.15, -0.1) is 0 Å². The van der Waals surface area contributed by atoms with Crippen LogP contribution in [0.15, 0.2) is 23.2 Å². The number of anilines is 2. The van der Waals surface area contributed by atoms with Crippen LogP contribution in [0, 0.1) is 0 Å². The molecule has 0 spiro atoms. The summed E-state index contributed by atoms with van der Waals surface area (Å²) in [5.41, 5.74) is 17.5. The topological polar surface area (TPSA) is 128 Å². The molecule has 1 aromatic carbocycles. The molecule has 0 atom stereocenters. The Morgan fingerprint density at radius 3 is 2.43 bits per heavy atom. The van der Waals surface area contributed by atoms with Crippen LogP contribution >= 0.6 is 0 Å². The number of hydrogen-bond donors (Lipinski definition) is 4. The fourth-order valence-corrected chi connectivity index (χ4v) is 0.902. The van der Waals surface area contributed by atoms with Gasteiger partial charge in [0.2, 0.25) is 0 Å². The number of benzene rings is 1. The maximum Gasteiger partial charge on any atom is 0.433 e. The van der Waals surface area contributed by atoms with Crippen molar-refractivity contribution in [3.63, 3.8) is 0 Å². The zero-order valence-electron chi connectivity index (χ0n) is 7.27. The summed E-state index contributed by atoms with van der Waals surface area (Å²) < 4.78 is 0. The van der Waals surface area contributed by atoms with Crippen molar-refractivity contribution in [1.29, 1.82) is 0 Å². The van der Waals surface area contributed by atoms with Crippen molar-refractivity contribution in [2.24, 2.45) is 10.7 Å². The molecule has 0 fully saturated rings. The highest BCUT2D eigenvalue weighted by Crippen LogP contribution is 2.15. The third-order valence-corrected chi connectivity index (χ3v) is 1.60. The molecule has 0 radical (unpaired) electrons. The van der Waals surface area contributed by atoms with E-state index in [9.17, 15) is 4.79 Å². The van der Waals surface area contributed by atoms with Crippen LogP contribution < -0.4 is 17.2 Å². The van der Waals surface area contributed by atoms with Crippen LogP contribution in [0.3, 0.4) is 0 Å². The number of carbonyl (C=O) groups is 1. The highest BCUT2D eigenvalue weighted by molar-refractivity contribution is 6.03. The van der Waals surface area contributed by atoms with Crippen LogP contribution in [0.5, 0.6) is 0 Å². The molecule has 0 aliphatic rings. The van der Waals surface area contributed by atoms with E-state index in [1.165, 1.54) is 12.1 Å². The lowest BCUT2D eigenvalue weighted by Gasteiger charge is -2.03. The molecular formula is C8H10N4O2. The van der Waals surface area contributed by atoms with E-state index in [1.807, 2.05) is 0 Å². The summed E-state index contributed by atoms with van der Waals surface area (Å²) in [7, 11) is 0. The molecule has 0 aliphatic heterocycles. The van der Waals surface area contributed by atoms with Crippen LogP contribution in [-0.4, -0.2) is 17.0 Å². The van der Waals surface area contributed by atoms with E-state index in [4.69, 9.17) is 22.3 Å². The smallest absolute Gasteiger partial charge is 0.433 e. The van der Waals surface area contributed by atoms with E-state index in [0.29, 0.717) is 16.9 Å². The maximum atomic E-state index is 10.2. The van der Waals surface area contributed by atoms with Crippen molar-refractivity contribution in [1.82, 2.24) is 0 Å². The second-order valence-corrected chi connectivity index (χ2v) is 2.62. The van der Waals surface area contributed by atoms with Gasteiger partial charge in [-0.2, -0.15) is 4.99 Å². The molecule has 1 amide bonds. The minimum atomic E-state index is -1.35. The summed E-state index contributed by atoms with van der Waals surface area (Å²) in [5, 5.41) is 8.35. The lowest BCUT2D eigenvalue weighted by Crippen LogP contribution is -2.15. The predicted octanol–water partition coefficient (Wildman–Crippen LogP) is 0.234. The van der Waals surface area contributed by atoms with Gasteiger partial charge >= 0.3 is 6.09 Å². The zero-order valence-corrected chi connectivity index (χ0v) is 7.27. The van der Waals surface area contributed by atoms with Gasteiger partial charge in [0, 0.05) is 5.56 Å². The number of nitrogens with two attached hydrogens (primary N) is 3. The van der Waals surface area contributed by atoms with Crippen LogP contribution in [0.25, 0.3) is 0 Å². The minimum Gasteiger partial charge on any atom is -0.463 e. The number of amides is 1. The highest BCUT2D eigenvalue weighted by atomic mass is 16.4. The highest BCUT2D eigenvalue weighted by Gasteiger charge is 2.03. The van der Waals surface area contributed by atoms with E-state index in [1.54, 1.807) is 6.07 Å². The number of carboxylic acid groups (broad SMARTS) is 1. The maximum absolute atomic E-state index is 10.2. The molecule has 0 unspecified atom stereocenters. The van der Waals surface area contributed by atoms with Crippen molar-refractivity contribution >= 4 is 23.3 Å². The standard InChI is InChI=1S/C8H10N4O2/c9-5-2-1-4(3-6(5)10)7(11)12-8(13)14/h1-3H,9-10H2,(H2,11,12)(H,13,14). The van der Waals surface area contributed by atoms with E-state index < -0.39 is 6.09 Å². The van der Waals surface area contributed by atoms with Gasteiger partial charge in [0.25, 0.3) is 0 Å². The molecule has 1 rings (SSSR count). The van der Waals surface area contributed by atoms with E-state index in [0.717, 1.165) is 0 Å². The summed E-state index contributed by atoms with van der Waals surface area (Å²) >= 11 is 0. The number of amidine groups is 1. The van der Waals surface area contributed by atoms with Crippen molar-refractivity contribution in [3.8, 4) is 0 Å². The van der Waals surface area contributed by atoms with Crippen molar-refractivity contribution < 1.29 is 9.90 Å². The van der Waals surface area contributed by atoms with Gasteiger partial charge in [-0.05, 0) is 18.2 Å². The monoisotopic (exact) mass is 194 g/mol. The first-order chi connectivity index (χ1) is 6.50. The molecule has 0 bridgehead atoms. The number of nitrogens with zero attached hydrogens (tertiary/aromatic N) is 1. The first-order valence-corrected chi connectivity index (χ1v) is 3.73. The van der Waals surface area contributed by atoms with Gasteiger partial charge in [-0.1, -0.05) is 0 Å². The Kier molecular flexibility index (Phi) is 2.57. The summed E-state index contributed by atoms with van der Waals surface area (Å²) in [6.07, 6.45) is -1.35. The van der Waals surface area contributed by atoms with Crippen molar-refractivity contribution in [3.05, 3.63) is 23.8 Å². The Morgan fingerprint density at radius 1 is 1.29 bits per heavy atom. The molecule has 6 heteroatoms. The Hall–Kier alpha value is -2.24. The summed E-state index contributed by atoms with van der Waals surface area (Å²) in [5.74, 6) is -0.107. The third kappa shape index (κ3) is 2.13. The van der Waals surface area contributed by atoms with Gasteiger partial charge < -0.3 is 22.3 Å². The normalized spacial score (nSPS) is 11.3. The molecule has 14 heavy (non-hydrogen) atoms. The second kappa shape index (κ2) is 3.65. The van der Waals surface area contributed by atoms with Crippen molar-refractivity contribution in [2.75, 3.05) is 11.5 Å². The predicted molar refractivity (Wildman–Crippen MR) is 54.0 cm³/mol. The lowest BCUT2D eigenvalue weighted by molar-refractivity contribution is 0.205. The number of aliphatic imine (C=N–C) groups is 1. The fourth-order valence-electron chi connectivity index (χ4n) is 0.902. The van der Waals surface area contributed by atoms with Crippen molar-refractivity contribution in [2.45, 2.75) is 0 Å². The van der Waals surface area contributed by atoms with E-state index in [-0.39, 0.29) is 5.84 Å². The molecule has 0 saturated heterocycles. The average Bonchev–Trinajstić information content (AvgIpc) is 2.08. The SMILES string of the molecule is NC(=NC(=O)O)c1ccc(N)c(N)c1. The van der Waals surface area contributed by atoms with Gasteiger partial charge in [0.05, 0.1) is 11.4 Å². The Labute approximate surface area is 80.0 Å². The van der Waals surface area contributed by atoms with Gasteiger partial charge in [-0.25, -0.2) is 4.79 Å². The summed E-state index contributed by atoms with van der Waals surface area (Å²) in [4.78, 5) is 13.3. The number of rotatable bonds is 1. The molecule has 6 nitrogen and oxygen atoms in total. The quantitative estimate of drug-likeness (QED) is 0.289. The molecule has 0 saturated carbocycles. The average molecular weight is 194 g/mol. The van der Waals surface area contributed by atoms with Crippen LogP contribution in [-0.2, 0) is 0 Å². The summed E-state index contributed by atoms with van der Waals surface area (Å²) in [6.45, 7) is 0. The first-order valence-electron chi connectivity index (χ1n) is 3.73. The second-order valence-electron chi connectivity index (χ2n) is 2.62. The lowest BCUT2D eigenvalue weighted by atomic mass is 10.1. The number of hydrogen-bond acceptors (Lipinski definition) is 3. The zero-order chi connectivity index (χ0) is 10.7. The van der Waals surface area contributed by atoms with Gasteiger partial charge in [-0.3, -0.25) is 0 Å². The Morgan fingerprint density at radius 2 is 1.93 bits per heavy atom. The molecule has 0 aliphatic carbocycles. The third-order valence-electron chi connectivity index (χ3n) is 1.60.